The first kappa shape index (κ1) is 45.4. The summed E-state index contributed by atoms with van der Waals surface area (Å²) in [6.07, 6.45) is 9.89. The number of benzene rings is 7. The maximum Gasteiger partial charge on any atom is 0.121 e. The summed E-state index contributed by atoms with van der Waals surface area (Å²) < 4.78 is 5.35. The van der Waals surface area contributed by atoms with Crippen LogP contribution in [-0.4, -0.2) is 36.8 Å². The number of aromatic nitrogens is 4. The van der Waals surface area contributed by atoms with E-state index >= 15 is 0 Å². The van der Waals surface area contributed by atoms with Crippen molar-refractivity contribution in [2.45, 2.75) is 48.9 Å². The van der Waals surface area contributed by atoms with Crippen molar-refractivity contribution < 1.29 is 5.11 Å². The number of nitrogens with zero attached hydrogens (tertiary/aromatic N) is 6. The lowest BCUT2D eigenvalue weighted by Gasteiger charge is -2.37. The highest BCUT2D eigenvalue weighted by Crippen LogP contribution is 2.46. The van der Waals surface area contributed by atoms with E-state index in [9.17, 15) is 10.4 Å². The van der Waals surface area contributed by atoms with E-state index in [1.54, 1.807) is 6.07 Å². The van der Waals surface area contributed by atoms with Gasteiger partial charge in [-0.1, -0.05) is 194 Å². The Hall–Kier alpha value is -6.77. The van der Waals surface area contributed by atoms with Gasteiger partial charge in [-0.15, -0.1) is 0 Å². The van der Waals surface area contributed by atoms with Gasteiger partial charge in [0.15, 0.2) is 0 Å². The maximum absolute atomic E-state index is 12.1. The maximum atomic E-state index is 12.1. The van der Waals surface area contributed by atoms with Crippen LogP contribution in [0, 0.1) is 15.0 Å². The van der Waals surface area contributed by atoms with Gasteiger partial charge >= 0.3 is 0 Å². The zero-order chi connectivity index (χ0) is 46.3. The fraction of sp³-hybridized carbons (Fsp3) is 0.155. The highest BCUT2D eigenvalue weighted by Gasteiger charge is 2.45. The largest absolute Gasteiger partial charge is 0.383 e. The molecular weight excluding hydrogens is 959 g/mol. The molecule has 2 aromatic heterocycles. The van der Waals surface area contributed by atoms with E-state index in [2.05, 4.69) is 225 Å². The van der Waals surface area contributed by atoms with Gasteiger partial charge in [0.2, 0.25) is 0 Å². The molecule has 1 aliphatic carbocycles. The quantitative estimate of drug-likeness (QED) is 0.0974. The fourth-order valence-corrected chi connectivity index (χ4v) is 10.8. The lowest BCUT2D eigenvalue weighted by Crippen LogP contribution is -2.37. The third-order valence-corrected chi connectivity index (χ3v) is 14.1. The van der Waals surface area contributed by atoms with Crippen LogP contribution in [0.4, 0.5) is 5.69 Å². The van der Waals surface area contributed by atoms with Gasteiger partial charge in [-0.05, 0) is 93.9 Å². The molecule has 0 spiro atoms. The molecule has 2 atom stereocenters. The van der Waals surface area contributed by atoms with Crippen LogP contribution >= 0.6 is 34.2 Å². The van der Waals surface area contributed by atoms with Gasteiger partial charge < -0.3 is 19.1 Å². The number of imidazole rings is 2. The van der Waals surface area contributed by atoms with E-state index in [1.807, 2.05) is 49.2 Å². The van der Waals surface area contributed by atoms with Gasteiger partial charge in [-0.3, -0.25) is 0 Å². The zero-order valence-electron chi connectivity index (χ0n) is 37.2. The predicted octanol–water partition coefficient (Wildman–Crippen LogP) is 12.8. The number of hydrogen-bond acceptors (Lipinski definition) is 5. The van der Waals surface area contributed by atoms with Crippen molar-refractivity contribution in [3.8, 4) is 6.07 Å². The Morgan fingerprint density at radius 2 is 1.04 bits per heavy atom. The summed E-state index contributed by atoms with van der Waals surface area (Å²) in [6, 6.07) is 71.1. The minimum atomic E-state index is -1.07. The number of rotatable bonds is 12. The molecule has 67 heavy (non-hydrogen) atoms. The summed E-state index contributed by atoms with van der Waals surface area (Å²) >= 11 is 8.64. The Labute approximate surface area is 411 Å². The first-order valence-electron chi connectivity index (χ1n) is 22.6. The number of anilines is 1. The molecule has 2 heterocycles. The average Bonchev–Trinajstić information content (AvgIpc) is 4.16. The molecule has 0 aliphatic heterocycles. The van der Waals surface area contributed by atoms with E-state index in [0.717, 1.165) is 39.0 Å². The molecule has 1 N–H and O–H groups in total. The van der Waals surface area contributed by atoms with Crippen LogP contribution in [0.2, 0.25) is 5.02 Å². The molecule has 0 saturated heterocycles. The minimum Gasteiger partial charge on any atom is -0.383 e. The summed E-state index contributed by atoms with van der Waals surface area (Å²) in [6.45, 7) is 2.86. The summed E-state index contributed by atoms with van der Waals surface area (Å²) in [5.74, 6) is 0. The third-order valence-electron chi connectivity index (χ3n) is 13.2. The van der Waals surface area contributed by atoms with Crippen LogP contribution in [0.5, 0.6) is 0 Å². The van der Waals surface area contributed by atoms with Crippen LogP contribution < -0.4 is 4.90 Å². The molecule has 7 nitrogen and oxygen atoms in total. The lowest BCUT2D eigenvalue weighted by atomic mass is 9.76. The third kappa shape index (κ3) is 8.71. The van der Waals surface area contributed by atoms with Crippen molar-refractivity contribution in [1.29, 1.82) is 5.26 Å². The molecular formula is C58H50ClIN6O. The first-order valence-corrected chi connectivity index (χ1v) is 24.0. The van der Waals surface area contributed by atoms with E-state index in [4.69, 9.17) is 16.6 Å². The van der Waals surface area contributed by atoms with Crippen molar-refractivity contribution in [1.82, 2.24) is 19.1 Å². The Morgan fingerprint density at radius 3 is 1.40 bits per heavy atom. The Kier molecular flexibility index (Phi) is 13.5. The van der Waals surface area contributed by atoms with Gasteiger partial charge in [-0.25, -0.2) is 9.97 Å². The van der Waals surface area contributed by atoms with E-state index in [1.165, 1.54) is 16.7 Å². The smallest absolute Gasteiger partial charge is 0.121 e. The Bertz CT molecular complexity index is 2860. The van der Waals surface area contributed by atoms with Crippen molar-refractivity contribution >= 4 is 39.9 Å². The normalized spacial score (nSPS) is 15.8. The minimum absolute atomic E-state index is 0.108. The Morgan fingerprint density at radius 1 is 0.642 bits per heavy atom. The van der Waals surface area contributed by atoms with Crippen LogP contribution in [0.3, 0.4) is 0 Å². The fourth-order valence-electron chi connectivity index (χ4n) is 10.1. The lowest BCUT2D eigenvalue weighted by molar-refractivity contribution is 0.0386. The zero-order valence-corrected chi connectivity index (χ0v) is 40.1. The molecule has 0 amide bonds. The van der Waals surface area contributed by atoms with Crippen molar-refractivity contribution in [3.63, 3.8) is 0 Å². The van der Waals surface area contributed by atoms with Gasteiger partial charge in [-0.2, -0.15) is 5.26 Å². The van der Waals surface area contributed by atoms with Crippen LogP contribution in [0.1, 0.15) is 70.8 Å². The van der Waals surface area contributed by atoms with Gasteiger partial charge in [0.25, 0.3) is 0 Å². The van der Waals surface area contributed by atoms with Gasteiger partial charge in [0.1, 0.15) is 26.4 Å². The number of nitriles is 1. The standard InChI is InChI=1S/C36H33ClN4O.C22H17IN2/c1-2-41(31-19-18-27(24-38)33(37)22-31)32-20-21-35(42,23-32)34-25-40(26-39-34)36(28-12-6-3-7-13-28,29-14-8-4-9-15-29)30-16-10-5-11-17-30;23-21-16-25(17-24-21)22(18-10-4-1-5-11-18,19-12-6-2-7-13-19)20-14-8-3-9-15-20/h3-19,22,25-26,32,42H,2,20-21,23H2,1H3;1-17H. The molecule has 332 valence electrons. The van der Waals surface area contributed by atoms with Gasteiger partial charge in [0.05, 0.1) is 28.9 Å². The van der Waals surface area contributed by atoms with Crippen LogP contribution in [0.25, 0.3) is 0 Å². The molecule has 0 radical (unpaired) electrons. The molecule has 2 unspecified atom stereocenters. The molecule has 1 aliphatic rings. The van der Waals surface area contributed by atoms with Crippen LogP contribution in [0.15, 0.2) is 225 Å². The second-order valence-corrected chi connectivity index (χ2v) is 18.4. The SMILES string of the molecule is CCN(c1ccc(C#N)c(Cl)c1)C1CCC(O)(c2cn(C(c3ccccc3)(c3ccccc3)c3ccccc3)cn2)C1.Ic1cn(C(c2ccccc2)(c2ccccc2)c2ccccc2)cn1. The summed E-state index contributed by atoms with van der Waals surface area (Å²) in [4.78, 5) is 11.7. The van der Waals surface area contributed by atoms with E-state index in [-0.39, 0.29) is 6.04 Å². The topological polar surface area (TPSA) is 82.9 Å². The first-order chi connectivity index (χ1) is 32.8. The predicted molar refractivity (Wildman–Crippen MR) is 277 cm³/mol. The molecule has 0 bridgehead atoms. The average molecular weight is 1010 g/mol. The molecule has 10 rings (SSSR count). The summed E-state index contributed by atoms with van der Waals surface area (Å²) in [7, 11) is 0. The molecule has 1 fully saturated rings. The summed E-state index contributed by atoms with van der Waals surface area (Å²) in [5.41, 5.74) is 6.83. The summed E-state index contributed by atoms with van der Waals surface area (Å²) in [5, 5.41) is 21.8. The molecule has 1 saturated carbocycles. The molecule has 9 heteroatoms. The highest BCUT2D eigenvalue weighted by molar-refractivity contribution is 14.1. The van der Waals surface area contributed by atoms with Gasteiger partial charge in [0, 0.05) is 37.1 Å². The number of aliphatic hydroxyl groups is 1. The molecule has 7 aromatic carbocycles. The van der Waals surface area contributed by atoms with Crippen LogP contribution in [-0.2, 0) is 16.7 Å². The second kappa shape index (κ2) is 20.0. The van der Waals surface area contributed by atoms with E-state index in [0.29, 0.717) is 29.1 Å². The number of hydrogen-bond donors (Lipinski definition) is 1. The Balaban J connectivity index is 0.000000191. The molecule has 9 aromatic rings. The second-order valence-electron chi connectivity index (χ2n) is 16.9. The number of halogens is 2. The highest BCUT2D eigenvalue weighted by atomic mass is 127. The van der Waals surface area contributed by atoms with Crippen molar-refractivity contribution in [2.75, 3.05) is 11.4 Å². The van der Waals surface area contributed by atoms with Crippen molar-refractivity contribution in [3.05, 3.63) is 279 Å². The monoisotopic (exact) mass is 1010 g/mol. The van der Waals surface area contributed by atoms with E-state index < -0.39 is 16.7 Å². The van der Waals surface area contributed by atoms with Crippen molar-refractivity contribution in [2.24, 2.45) is 0 Å².